The van der Waals surface area contributed by atoms with E-state index in [1.807, 2.05) is 49.5 Å². The largest absolute Gasteiger partial charge is 0.497 e. The molecule has 2 aromatic rings. The number of hydrogen-bond donors (Lipinski definition) is 1. The molecule has 1 aliphatic heterocycles. The molecule has 0 atom stereocenters. The molecule has 1 heterocycles. The zero-order valence-corrected chi connectivity index (χ0v) is 17.2. The van der Waals surface area contributed by atoms with Crippen LogP contribution in [0.1, 0.15) is 18.9 Å². The Bertz CT molecular complexity index is 847. The average molecular weight is 396 g/mol. The predicted octanol–water partition coefficient (Wildman–Crippen LogP) is 4.30. The van der Waals surface area contributed by atoms with Crippen molar-refractivity contribution in [2.75, 3.05) is 32.7 Å². The molecule has 0 bridgehead atoms. The van der Waals surface area contributed by atoms with Crippen LogP contribution in [0.2, 0.25) is 0 Å². The Morgan fingerprint density at radius 3 is 2.66 bits per heavy atom. The monoisotopic (exact) mass is 396 g/mol. The summed E-state index contributed by atoms with van der Waals surface area (Å²) in [6.07, 6.45) is 5.03. The van der Waals surface area contributed by atoms with Gasteiger partial charge in [-0.2, -0.15) is 0 Å². The van der Waals surface area contributed by atoms with E-state index >= 15 is 0 Å². The SMILES string of the molecule is C/C=C(/C=O)C=NCc1cccc(OC)c1.CNc1ccc2c(c1)OCCCO2. The van der Waals surface area contributed by atoms with Crippen LogP contribution in [0.4, 0.5) is 5.69 Å². The lowest BCUT2D eigenvalue weighted by Gasteiger charge is -2.08. The highest BCUT2D eigenvalue weighted by Gasteiger charge is 2.09. The normalized spacial score (nSPS) is 13.1. The highest BCUT2D eigenvalue weighted by atomic mass is 16.5. The topological polar surface area (TPSA) is 69.2 Å². The molecule has 0 saturated carbocycles. The number of rotatable bonds is 6. The molecule has 0 radical (unpaired) electrons. The molecular formula is C23H28N2O4. The fourth-order valence-electron chi connectivity index (χ4n) is 2.52. The number of nitrogens with one attached hydrogen (secondary N) is 1. The van der Waals surface area contributed by atoms with Gasteiger partial charge in [0.25, 0.3) is 0 Å². The number of carbonyl (C=O) groups is 1. The smallest absolute Gasteiger partial charge is 0.163 e. The summed E-state index contributed by atoms with van der Waals surface area (Å²) in [5, 5.41) is 3.06. The lowest BCUT2D eigenvalue weighted by Crippen LogP contribution is -1.97. The van der Waals surface area contributed by atoms with E-state index in [1.165, 1.54) is 0 Å². The Kier molecular flexibility index (Phi) is 9.29. The van der Waals surface area contributed by atoms with Crippen LogP contribution >= 0.6 is 0 Å². The van der Waals surface area contributed by atoms with Gasteiger partial charge in [0.2, 0.25) is 0 Å². The highest BCUT2D eigenvalue weighted by molar-refractivity contribution is 6.01. The van der Waals surface area contributed by atoms with Crippen molar-refractivity contribution in [1.82, 2.24) is 0 Å². The van der Waals surface area contributed by atoms with Crippen LogP contribution < -0.4 is 19.5 Å². The number of hydrogen-bond acceptors (Lipinski definition) is 6. The molecule has 154 valence electrons. The van der Waals surface area contributed by atoms with Crippen molar-refractivity contribution in [3.63, 3.8) is 0 Å². The van der Waals surface area contributed by atoms with Crippen LogP contribution in [0.5, 0.6) is 17.2 Å². The summed E-state index contributed by atoms with van der Waals surface area (Å²) in [5.41, 5.74) is 2.68. The van der Waals surface area contributed by atoms with Crippen LogP contribution in [-0.2, 0) is 11.3 Å². The first-order valence-corrected chi connectivity index (χ1v) is 9.51. The molecule has 0 saturated heterocycles. The summed E-state index contributed by atoms with van der Waals surface area (Å²) in [7, 11) is 3.52. The van der Waals surface area contributed by atoms with Crippen molar-refractivity contribution in [2.24, 2.45) is 4.99 Å². The number of ether oxygens (including phenoxy) is 3. The third kappa shape index (κ3) is 7.33. The van der Waals surface area contributed by atoms with Gasteiger partial charge in [-0.3, -0.25) is 9.79 Å². The molecule has 0 unspecified atom stereocenters. The number of methoxy groups -OCH3 is 1. The molecule has 2 aromatic carbocycles. The fourth-order valence-corrected chi connectivity index (χ4v) is 2.52. The molecule has 0 aliphatic carbocycles. The molecule has 3 rings (SSSR count). The zero-order valence-electron chi connectivity index (χ0n) is 17.2. The van der Waals surface area contributed by atoms with Gasteiger partial charge in [-0.05, 0) is 36.8 Å². The summed E-state index contributed by atoms with van der Waals surface area (Å²) in [6, 6.07) is 13.6. The first-order valence-electron chi connectivity index (χ1n) is 9.51. The van der Waals surface area contributed by atoms with Crippen LogP contribution in [0.15, 0.2) is 59.1 Å². The second-order valence-corrected chi connectivity index (χ2v) is 6.19. The minimum Gasteiger partial charge on any atom is -0.497 e. The molecule has 6 nitrogen and oxygen atoms in total. The Hall–Kier alpha value is -3.28. The van der Waals surface area contributed by atoms with Gasteiger partial charge in [-0.25, -0.2) is 0 Å². The van der Waals surface area contributed by atoms with Gasteiger partial charge in [0, 0.05) is 37.0 Å². The molecule has 6 heteroatoms. The van der Waals surface area contributed by atoms with Gasteiger partial charge in [-0.15, -0.1) is 0 Å². The minimum absolute atomic E-state index is 0.544. The standard InChI is InChI=1S/C13H15NO2.C10H13NO2/c1-3-11(10-15)8-14-9-12-5-4-6-13(7-12)16-2;1-11-8-3-4-9-10(7-8)13-6-2-5-12-9/h3-8,10H,9H2,1-2H3;3-4,7,11H,2,5-6H2,1H3/b11-3+,14-8?;. The molecule has 0 spiro atoms. The van der Waals surface area contributed by atoms with E-state index in [0.29, 0.717) is 12.1 Å². The van der Waals surface area contributed by atoms with Gasteiger partial charge >= 0.3 is 0 Å². The van der Waals surface area contributed by atoms with Crippen LogP contribution in [-0.4, -0.2) is 39.9 Å². The third-order valence-electron chi connectivity index (χ3n) is 4.15. The second kappa shape index (κ2) is 12.2. The lowest BCUT2D eigenvalue weighted by molar-refractivity contribution is -0.104. The number of aldehydes is 1. The fraction of sp³-hybridized carbons (Fsp3) is 0.304. The quantitative estimate of drug-likeness (QED) is 0.448. The van der Waals surface area contributed by atoms with Crippen molar-refractivity contribution in [3.05, 3.63) is 59.7 Å². The van der Waals surface area contributed by atoms with Crippen LogP contribution in [0, 0.1) is 0 Å². The Balaban J connectivity index is 0.000000211. The number of benzene rings is 2. The van der Waals surface area contributed by atoms with Crippen molar-refractivity contribution in [2.45, 2.75) is 19.9 Å². The Morgan fingerprint density at radius 2 is 1.97 bits per heavy atom. The number of nitrogens with zero attached hydrogens (tertiary/aromatic N) is 1. The number of allylic oxidation sites excluding steroid dienone is 2. The summed E-state index contributed by atoms with van der Waals surface area (Å²) >= 11 is 0. The van der Waals surface area contributed by atoms with Crippen molar-refractivity contribution in [3.8, 4) is 17.2 Å². The molecule has 1 aliphatic rings. The molecular weight excluding hydrogens is 368 g/mol. The van der Waals surface area contributed by atoms with Crippen LogP contribution in [0.3, 0.4) is 0 Å². The second-order valence-electron chi connectivity index (χ2n) is 6.19. The lowest BCUT2D eigenvalue weighted by atomic mass is 10.2. The summed E-state index contributed by atoms with van der Waals surface area (Å²) < 4.78 is 16.1. The first-order chi connectivity index (χ1) is 14.2. The van der Waals surface area contributed by atoms with E-state index < -0.39 is 0 Å². The molecule has 0 aromatic heterocycles. The van der Waals surface area contributed by atoms with Crippen molar-refractivity contribution >= 4 is 18.2 Å². The number of aliphatic imine (C=N–C) groups is 1. The maximum atomic E-state index is 10.5. The van der Waals surface area contributed by atoms with Crippen molar-refractivity contribution in [1.29, 1.82) is 0 Å². The van der Waals surface area contributed by atoms with Gasteiger partial charge in [0.15, 0.2) is 17.8 Å². The maximum Gasteiger partial charge on any atom is 0.163 e. The first kappa shape index (κ1) is 22.0. The van der Waals surface area contributed by atoms with Gasteiger partial charge < -0.3 is 19.5 Å². The van der Waals surface area contributed by atoms with Gasteiger partial charge in [-0.1, -0.05) is 18.2 Å². The molecule has 29 heavy (non-hydrogen) atoms. The number of fused-ring (bicyclic) bond motifs is 1. The molecule has 1 N–H and O–H groups in total. The summed E-state index contributed by atoms with van der Waals surface area (Å²) in [4.78, 5) is 14.7. The van der Waals surface area contributed by atoms with E-state index in [2.05, 4.69) is 10.3 Å². The summed E-state index contributed by atoms with van der Waals surface area (Å²) in [5.74, 6) is 2.50. The van der Waals surface area contributed by atoms with E-state index in [-0.39, 0.29) is 0 Å². The van der Waals surface area contributed by atoms with E-state index in [4.69, 9.17) is 14.2 Å². The van der Waals surface area contributed by atoms with Gasteiger partial charge in [0.05, 0.1) is 26.9 Å². The summed E-state index contributed by atoms with van der Waals surface area (Å²) in [6.45, 7) is 3.83. The zero-order chi connectivity index (χ0) is 20.9. The van der Waals surface area contributed by atoms with E-state index in [1.54, 1.807) is 26.3 Å². The Morgan fingerprint density at radius 1 is 1.17 bits per heavy atom. The predicted molar refractivity (Wildman–Crippen MR) is 117 cm³/mol. The van der Waals surface area contributed by atoms with Crippen molar-refractivity contribution < 1.29 is 19.0 Å². The number of carbonyl (C=O) groups excluding carboxylic acids is 1. The molecule has 0 amide bonds. The number of anilines is 1. The Labute approximate surface area is 172 Å². The van der Waals surface area contributed by atoms with E-state index in [0.717, 1.165) is 54.4 Å². The van der Waals surface area contributed by atoms with E-state index in [9.17, 15) is 4.79 Å². The molecule has 0 fully saturated rings. The maximum absolute atomic E-state index is 10.5. The highest BCUT2D eigenvalue weighted by Crippen LogP contribution is 2.31. The van der Waals surface area contributed by atoms with Crippen LogP contribution in [0.25, 0.3) is 0 Å². The van der Waals surface area contributed by atoms with Gasteiger partial charge in [0.1, 0.15) is 5.75 Å². The average Bonchev–Trinajstić information content (AvgIpc) is 3.02. The minimum atomic E-state index is 0.544. The third-order valence-corrected chi connectivity index (χ3v) is 4.15.